The van der Waals surface area contributed by atoms with Gasteiger partial charge >= 0.3 is 6.03 Å². The van der Waals surface area contributed by atoms with Gasteiger partial charge in [-0.15, -0.1) is 11.3 Å². The summed E-state index contributed by atoms with van der Waals surface area (Å²) in [7, 11) is 0. The van der Waals surface area contributed by atoms with Crippen LogP contribution in [0.4, 0.5) is 4.79 Å². The zero-order valence-corrected chi connectivity index (χ0v) is 14.7. The van der Waals surface area contributed by atoms with Crippen molar-refractivity contribution in [3.8, 4) is 0 Å². The van der Waals surface area contributed by atoms with Gasteiger partial charge in [-0.1, -0.05) is 6.07 Å². The molecule has 7 heteroatoms. The number of amides is 2. The highest BCUT2D eigenvalue weighted by Crippen LogP contribution is 2.19. The monoisotopic (exact) mass is 345 g/mol. The molecule has 0 saturated carbocycles. The van der Waals surface area contributed by atoms with E-state index in [1.165, 1.54) is 0 Å². The van der Waals surface area contributed by atoms with Crippen LogP contribution in [0.2, 0.25) is 0 Å². The van der Waals surface area contributed by atoms with Gasteiger partial charge in [-0.3, -0.25) is 9.88 Å². The van der Waals surface area contributed by atoms with Gasteiger partial charge < -0.3 is 10.2 Å². The smallest absolute Gasteiger partial charge is 0.317 e. The molecular weight excluding hydrogens is 322 g/mol. The number of nitrogens with zero attached hydrogens (tertiary/aromatic N) is 4. The second kappa shape index (κ2) is 8.21. The fourth-order valence-electron chi connectivity index (χ4n) is 2.89. The zero-order chi connectivity index (χ0) is 16.8. The third-order valence-electron chi connectivity index (χ3n) is 4.41. The SMILES string of the molecule is C[C@@H](c1ccccn1)N1CCN(C(=O)NCCc2cscn2)CC1. The second-order valence-corrected chi connectivity index (χ2v) is 6.63. The minimum Gasteiger partial charge on any atom is -0.338 e. The highest BCUT2D eigenvalue weighted by molar-refractivity contribution is 7.07. The van der Waals surface area contributed by atoms with Gasteiger partial charge in [0.25, 0.3) is 0 Å². The molecule has 0 aliphatic carbocycles. The van der Waals surface area contributed by atoms with Crippen molar-refractivity contribution < 1.29 is 4.79 Å². The van der Waals surface area contributed by atoms with Gasteiger partial charge in [0.1, 0.15) is 0 Å². The predicted octanol–water partition coefficient (Wildman–Crippen LogP) is 2.17. The summed E-state index contributed by atoms with van der Waals surface area (Å²) in [6.45, 7) is 6.05. The third-order valence-corrected chi connectivity index (χ3v) is 5.04. The fourth-order valence-corrected chi connectivity index (χ4v) is 3.49. The van der Waals surface area contributed by atoms with Crippen LogP contribution in [0.5, 0.6) is 0 Å². The van der Waals surface area contributed by atoms with Gasteiger partial charge in [0, 0.05) is 56.8 Å². The van der Waals surface area contributed by atoms with Crippen molar-refractivity contribution in [1.29, 1.82) is 0 Å². The second-order valence-electron chi connectivity index (χ2n) is 5.92. The van der Waals surface area contributed by atoms with Gasteiger partial charge in [0.2, 0.25) is 0 Å². The molecule has 3 rings (SSSR count). The molecule has 1 N–H and O–H groups in total. The van der Waals surface area contributed by atoms with Crippen LogP contribution in [0.1, 0.15) is 24.4 Å². The van der Waals surface area contributed by atoms with E-state index in [9.17, 15) is 4.79 Å². The number of carbonyl (C=O) groups is 1. The lowest BCUT2D eigenvalue weighted by atomic mass is 10.1. The standard InChI is InChI=1S/C17H23N5OS/c1-14(16-4-2-3-6-18-16)21-8-10-22(11-9-21)17(23)19-7-5-15-12-24-13-20-15/h2-4,6,12-14H,5,7-11H2,1H3,(H,19,23)/t14-/m0/s1. The molecule has 0 radical (unpaired) electrons. The van der Waals surface area contributed by atoms with Crippen molar-refractivity contribution in [2.45, 2.75) is 19.4 Å². The molecule has 1 atom stereocenters. The first-order chi connectivity index (χ1) is 11.7. The molecular formula is C17H23N5OS. The van der Waals surface area contributed by atoms with E-state index < -0.39 is 0 Å². The van der Waals surface area contributed by atoms with Crippen LogP contribution in [0.15, 0.2) is 35.3 Å². The van der Waals surface area contributed by atoms with E-state index in [2.05, 4.69) is 33.2 Å². The Balaban J connectivity index is 1.42. The van der Waals surface area contributed by atoms with Gasteiger partial charge in [0.15, 0.2) is 0 Å². The van der Waals surface area contributed by atoms with E-state index in [4.69, 9.17) is 0 Å². The Hall–Kier alpha value is -1.99. The highest BCUT2D eigenvalue weighted by Gasteiger charge is 2.24. The Bertz CT molecular complexity index is 626. The summed E-state index contributed by atoms with van der Waals surface area (Å²) in [5.74, 6) is 0. The first kappa shape index (κ1) is 16.9. The molecule has 24 heavy (non-hydrogen) atoms. The van der Waals surface area contributed by atoms with Gasteiger partial charge in [-0.2, -0.15) is 0 Å². The lowest BCUT2D eigenvalue weighted by molar-refractivity contribution is 0.112. The average molecular weight is 345 g/mol. The van der Waals surface area contributed by atoms with E-state index in [1.54, 1.807) is 11.3 Å². The lowest BCUT2D eigenvalue weighted by Crippen LogP contribution is -2.52. The van der Waals surface area contributed by atoms with Crippen molar-refractivity contribution >= 4 is 17.4 Å². The highest BCUT2D eigenvalue weighted by atomic mass is 32.1. The third kappa shape index (κ3) is 4.30. The zero-order valence-electron chi connectivity index (χ0n) is 13.9. The van der Waals surface area contributed by atoms with E-state index in [0.29, 0.717) is 6.54 Å². The van der Waals surface area contributed by atoms with Gasteiger partial charge in [-0.25, -0.2) is 9.78 Å². The van der Waals surface area contributed by atoms with Crippen LogP contribution >= 0.6 is 11.3 Å². The number of hydrogen-bond donors (Lipinski definition) is 1. The molecule has 2 amide bonds. The van der Waals surface area contributed by atoms with Gasteiger partial charge in [0.05, 0.1) is 16.9 Å². The minimum atomic E-state index is 0.0235. The van der Waals surface area contributed by atoms with E-state index in [0.717, 1.165) is 44.0 Å². The van der Waals surface area contributed by atoms with E-state index in [-0.39, 0.29) is 12.1 Å². The maximum Gasteiger partial charge on any atom is 0.317 e. The maximum absolute atomic E-state index is 12.2. The first-order valence-electron chi connectivity index (χ1n) is 8.29. The largest absolute Gasteiger partial charge is 0.338 e. The number of aromatic nitrogens is 2. The summed E-state index contributed by atoms with van der Waals surface area (Å²) in [4.78, 5) is 25.2. The van der Waals surface area contributed by atoms with Crippen LogP contribution in [-0.2, 0) is 6.42 Å². The number of nitrogens with one attached hydrogen (secondary N) is 1. The maximum atomic E-state index is 12.2. The number of urea groups is 1. The molecule has 0 bridgehead atoms. The topological polar surface area (TPSA) is 61.4 Å². The average Bonchev–Trinajstić information content (AvgIpc) is 3.15. The quantitative estimate of drug-likeness (QED) is 0.902. The van der Waals surface area contributed by atoms with Crippen molar-refractivity contribution in [2.75, 3.05) is 32.7 Å². The number of carbonyl (C=O) groups excluding carboxylic acids is 1. The summed E-state index contributed by atoms with van der Waals surface area (Å²) in [6.07, 6.45) is 2.61. The Labute approximate surface area is 146 Å². The van der Waals surface area contributed by atoms with Crippen molar-refractivity contribution in [3.05, 3.63) is 46.7 Å². The number of hydrogen-bond acceptors (Lipinski definition) is 5. The summed E-state index contributed by atoms with van der Waals surface area (Å²) >= 11 is 1.58. The summed E-state index contributed by atoms with van der Waals surface area (Å²) < 4.78 is 0. The molecule has 1 aliphatic heterocycles. The predicted molar refractivity (Wildman–Crippen MR) is 95.0 cm³/mol. The van der Waals surface area contributed by atoms with E-state index >= 15 is 0 Å². The van der Waals surface area contributed by atoms with Crippen molar-refractivity contribution in [3.63, 3.8) is 0 Å². The van der Waals surface area contributed by atoms with Crippen LogP contribution in [-0.4, -0.2) is 58.5 Å². The Morgan fingerprint density at radius 3 is 2.79 bits per heavy atom. The molecule has 0 aromatic carbocycles. The number of pyridine rings is 1. The molecule has 128 valence electrons. The molecule has 1 aliphatic rings. The molecule has 3 heterocycles. The molecule has 1 saturated heterocycles. The Morgan fingerprint density at radius 2 is 2.12 bits per heavy atom. The number of piperazine rings is 1. The molecule has 1 fully saturated rings. The minimum absolute atomic E-state index is 0.0235. The molecule has 6 nitrogen and oxygen atoms in total. The summed E-state index contributed by atoms with van der Waals surface area (Å²) in [5.41, 5.74) is 3.94. The van der Waals surface area contributed by atoms with Crippen LogP contribution in [0.25, 0.3) is 0 Å². The van der Waals surface area contributed by atoms with Crippen molar-refractivity contribution in [1.82, 2.24) is 25.1 Å². The van der Waals surface area contributed by atoms with Crippen molar-refractivity contribution in [2.24, 2.45) is 0 Å². The molecule has 2 aromatic rings. The van der Waals surface area contributed by atoms with E-state index in [1.807, 2.05) is 34.1 Å². The Morgan fingerprint density at radius 1 is 1.29 bits per heavy atom. The van der Waals surface area contributed by atoms with Crippen LogP contribution < -0.4 is 5.32 Å². The molecule has 0 unspecified atom stereocenters. The summed E-state index contributed by atoms with van der Waals surface area (Å²) in [5, 5.41) is 5.00. The molecule has 0 spiro atoms. The first-order valence-corrected chi connectivity index (χ1v) is 9.23. The van der Waals surface area contributed by atoms with Gasteiger partial charge in [-0.05, 0) is 19.1 Å². The van der Waals surface area contributed by atoms with Crippen LogP contribution in [0, 0.1) is 0 Å². The number of rotatable bonds is 5. The normalized spacial score (nSPS) is 16.8. The lowest BCUT2D eigenvalue weighted by Gasteiger charge is -2.37. The Kier molecular flexibility index (Phi) is 5.77. The fraction of sp³-hybridized carbons (Fsp3) is 0.471. The number of thiazole rings is 1. The van der Waals surface area contributed by atoms with Crippen LogP contribution in [0.3, 0.4) is 0 Å². The summed E-state index contributed by atoms with van der Waals surface area (Å²) in [6, 6.07) is 6.31. The molecule has 2 aromatic heterocycles.